The standard InChI is InChI=1S/C27H37ClN2O6S/c1-27(2,3)36-30(37(34,35)25-14-13-24(28)18-23(25)20-31)17-5-4-8-21(12-15-26(32)33)9-6-10-22-11-7-16-29-19-22/h7,11,13-14,16,18-19,21,25H,4-6,8-10,12,15,17H2,1-3H3,(H,32,33)/t21-,25?/m0/s1. The van der Waals surface area contributed by atoms with Crippen molar-refractivity contribution in [1.29, 1.82) is 0 Å². The molecular weight excluding hydrogens is 516 g/mol. The molecule has 0 aliphatic heterocycles. The fraction of sp³-hybridized carbons (Fsp3) is 0.556. The number of hydroxylamine groups is 1. The lowest BCUT2D eigenvalue weighted by Crippen LogP contribution is -2.44. The minimum absolute atomic E-state index is 0.0719. The molecule has 1 aliphatic carbocycles. The predicted molar refractivity (Wildman–Crippen MR) is 144 cm³/mol. The maximum absolute atomic E-state index is 13.4. The number of aromatic nitrogens is 1. The van der Waals surface area contributed by atoms with Crippen molar-refractivity contribution < 1.29 is 28.0 Å². The number of hydrogen-bond acceptors (Lipinski definition) is 6. The van der Waals surface area contributed by atoms with Gasteiger partial charge in [-0.1, -0.05) is 47.5 Å². The molecule has 1 aromatic rings. The summed E-state index contributed by atoms with van der Waals surface area (Å²) >= 11 is 5.93. The molecule has 0 saturated heterocycles. The Kier molecular flexibility index (Phi) is 12.2. The van der Waals surface area contributed by atoms with Crippen LogP contribution in [-0.2, 0) is 30.9 Å². The van der Waals surface area contributed by atoms with Crippen molar-refractivity contribution in [3.05, 3.63) is 58.9 Å². The average Bonchev–Trinajstić information content (AvgIpc) is 2.83. The molecule has 1 unspecified atom stereocenters. The Morgan fingerprint density at radius 2 is 1.97 bits per heavy atom. The molecule has 10 heteroatoms. The number of hydrogen-bond donors (Lipinski definition) is 1. The third kappa shape index (κ3) is 10.9. The zero-order valence-corrected chi connectivity index (χ0v) is 23.3. The molecule has 37 heavy (non-hydrogen) atoms. The second-order valence-electron chi connectivity index (χ2n) is 10.2. The summed E-state index contributed by atoms with van der Waals surface area (Å²) in [6, 6.07) is 3.93. The van der Waals surface area contributed by atoms with E-state index in [1.807, 2.05) is 18.3 Å². The van der Waals surface area contributed by atoms with Crippen molar-refractivity contribution in [1.82, 2.24) is 9.45 Å². The first-order valence-electron chi connectivity index (χ1n) is 12.5. The number of sulfonamides is 1. The number of carboxylic acids is 1. The number of rotatable bonds is 15. The number of carbonyl (C=O) groups is 1. The minimum Gasteiger partial charge on any atom is -0.481 e. The molecule has 0 amide bonds. The molecule has 8 nitrogen and oxygen atoms in total. The summed E-state index contributed by atoms with van der Waals surface area (Å²) in [6.07, 6.45) is 13.1. The second-order valence-corrected chi connectivity index (χ2v) is 12.6. The Bertz CT molecular complexity index is 1110. The van der Waals surface area contributed by atoms with Gasteiger partial charge in [0.25, 0.3) is 0 Å². The summed E-state index contributed by atoms with van der Waals surface area (Å²) < 4.78 is 27.8. The van der Waals surface area contributed by atoms with Crippen LogP contribution in [0.1, 0.15) is 71.3 Å². The lowest BCUT2D eigenvalue weighted by atomic mass is 9.91. The third-order valence-corrected chi connectivity index (χ3v) is 8.01. The maximum Gasteiger partial charge on any atom is 0.303 e. The van der Waals surface area contributed by atoms with E-state index in [2.05, 4.69) is 4.98 Å². The summed E-state index contributed by atoms with van der Waals surface area (Å²) in [5.41, 5.74) is 0.300. The zero-order chi connectivity index (χ0) is 27.5. The number of allylic oxidation sites excluding steroid dienone is 3. The van der Waals surface area contributed by atoms with Crippen LogP contribution in [0, 0.1) is 5.92 Å². The molecule has 0 saturated carbocycles. The van der Waals surface area contributed by atoms with Crippen LogP contribution in [0.4, 0.5) is 0 Å². The van der Waals surface area contributed by atoms with E-state index >= 15 is 0 Å². The van der Waals surface area contributed by atoms with Gasteiger partial charge in [0.05, 0.1) is 11.2 Å². The van der Waals surface area contributed by atoms with Gasteiger partial charge >= 0.3 is 5.97 Å². The van der Waals surface area contributed by atoms with Crippen LogP contribution < -0.4 is 0 Å². The molecule has 0 aromatic carbocycles. The van der Waals surface area contributed by atoms with Gasteiger partial charge < -0.3 is 5.11 Å². The Morgan fingerprint density at radius 1 is 1.24 bits per heavy atom. The zero-order valence-electron chi connectivity index (χ0n) is 21.7. The molecule has 2 rings (SSSR count). The molecule has 1 aliphatic rings. The van der Waals surface area contributed by atoms with Gasteiger partial charge in [0.15, 0.2) is 0 Å². The summed E-state index contributed by atoms with van der Waals surface area (Å²) in [7, 11) is -4.07. The highest BCUT2D eigenvalue weighted by Crippen LogP contribution is 2.28. The topological polar surface area (TPSA) is 114 Å². The van der Waals surface area contributed by atoms with E-state index in [1.54, 1.807) is 32.9 Å². The van der Waals surface area contributed by atoms with Crippen molar-refractivity contribution in [2.75, 3.05) is 6.54 Å². The van der Waals surface area contributed by atoms with E-state index < -0.39 is 26.8 Å². The molecule has 0 radical (unpaired) electrons. The Hall–Kier alpha value is -2.29. The molecule has 0 bridgehead atoms. The number of carboxylic acid groups (broad SMARTS) is 1. The van der Waals surface area contributed by atoms with E-state index in [4.69, 9.17) is 21.5 Å². The van der Waals surface area contributed by atoms with Crippen LogP contribution in [0.3, 0.4) is 0 Å². The fourth-order valence-electron chi connectivity index (χ4n) is 4.14. The van der Waals surface area contributed by atoms with Crippen molar-refractivity contribution in [2.24, 2.45) is 5.92 Å². The van der Waals surface area contributed by atoms with Gasteiger partial charge in [0.2, 0.25) is 10.0 Å². The van der Waals surface area contributed by atoms with Gasteiger partial charge in [-0.05, 0) is 76.2 Å². The quantitative estimate of drug-likeness (QED) is 0.180. The first-order chi connectivity index (χ1) is 17.4. The van der Waals surface area contributed by atoms with Crippen LogP contribution >= 0.6 is 11.6 Å². The fourth-order valence-corrected chi connectivity index (χ4v) is 6.01. The normalized spacial score (nSPS) is 16.9. The molecular formula is C27H37ClN2O6S. The van der Waals surface area contributed by atoms with Crippen molar-refractivity contribution in [3.63, 3.8) is 0 Å². The first kappa shape index (κ1) is 30.9. The number of unbranched alkanes of at least 4 members (excludes halogenated alkanes) is 1. The number of halogens is 1. The molecule has 0 fully saturated rings. The second kappa shape index (κ2) is 14.6. The van der Waals surface area contributed by atoms with Gasteiger partial charge in [-0.2, -0.15) is 0 Å². The molecule has 204 valence electrons. The number of carbonyl (C=O) groups excluding carboxylic acids is 1. The van der Waals surface area contributed by atoms with Crippen LogP contribution in [0.2, 0.25) is 0 Å². The summed E-state index contributed by atoms with van der Waals surface area (Å²) in [6.45, 7) is 5.37. The Balaban J connectivity index is 2.00. The van der Waals surface area contributed by atoms with Gasteiger partial charge in [-0.15, -0.1) is 0 Å². The molecule has 1 heterocycles. The summed E-state index contributed by atoms with van der Waals surface area (Å²) in [5.74, 6) is 1.09. The SMILES string of the molecule is CC(C)(C)ON(CCCC[C@@H](CCCc1cccnc1)CCC(=O)O)S(=O)(=O)C1C=CC(Cl)=CC1=C=O. The summed E-state index contributed by atoms with van der Waals surface area (Å²) in [5, 5.41) is 8.17. The van der Waals surface area contributed by atoms with E-state index in [1.165, 1.54) is 18.2 Å². The van der Waals surface area contributed by atoms with E-state index in [0.29, 0.717) is 19.3 Å². The number of pyridine rings is 1. The lowest BCUT2D eigenvalue weighted by molar-refractivity contribution is -0.170. The number of aryl methyl sites for hydroxylation is 1. The average molecular weight is 553 g/mol. The predicted octanol–water partition coefficient (Wildman–Crippen LogP) is 5.24. The Labute approximate surface area is 225 Å². The minimum atomic E-state index is -4.07. The highest BCUT2D eigenvalue weighted by molar-refractivity contribution is 7.90. The maximum atomic E-state index is 13.4. The van der Waals surface area contributed by atoms with Crippen molar-refractivity contribution in [2.45, 2.75) is 83.0 Å². The highest BCUT2D eigenvalue weighted by Gasteiger charge is 2.37. The number of nitrogens with zero attached hydrogens (tertiary/aromatic N) is 2. The van der Waals surface area contributed by atoms with Crippen LogP contribution in [0.15, 0.2) is 53.4 Å². The first-order valence-corrected chi connectivity index (χ1v) is 14.4. The molecule has 1 N–H and O–H groups in total. The highest BCUT2D eigenvalue weighted by atomic mass is 35.5. The van der Waals surface area contributed by atoms with Gasteiger partial charge in [0.1, 0.15) is 11.2 Å². The van der Waals surface area contributed by atoms with Crippen molar-refractivity contribution in [3.8, 4) is 0 Å². The van der Waals surface area contributed by atoms with Crippen molar-refractivity contribution >= 4 is 33.5 Å². The van der Waals surface area contributed by atoms with E-state index in [-0.39, 0.29) is 29.5 Å². The smallest absolute Gasteiger partial charge is 0.303 e. The van der Waals surface area contributed by atoms with Gasteiger partial charge in [-0.3, -0.25) is 14.6 Å². The van der Waals surface area contributed by atoms with Gasteiger partial charge in [0, 0.05) is 30.4 Å². The van der Waals surface area contributed by atoms with Crippen LogP contribution in [0.5, 0.6) is 0 Å². The lowest BCUT2D eigenvalue weighted by Gasteiger charge is -2.31. The van der Waals surface area contributed by atoms with Gasteiger partial charge in [-0.25, -0.2) is 13.2 Å². The van der Waals surface area contributed by atoms with E-state index in [9.17, 15) is 18.0 Å². The van der Waals surface area contributed by atoms with Crippen LogP contribution in [0.25, 0.3) is 0 Å². The third-order valence-electron chi connectivity index (χ3n) is 5.90. The van der Waals surface area contributed by atoms with E-state index in [0.717, 1.165) is 35.7 Å². The van der Waals surface area contributed by atoms with Crippen LogP contribution in [-0.4, -0.2) is 52.3 Å². The molecule has 0 spiro atoms. The number of aliphatic carboxylic acids is 1. The monoisotopic (exact) mass is 552 g/mol. The molecule has 1 aromatic heterocycles. The largest absolute Gasteiger partial charge is 0.481 e. The summed E-state index contributed by atoms with van der Waals surface area (Å²) in [4.78, 5) is 32.5. The Morgan fingerprint density at radius 3 is 2.59 bits per heavy atom. The molecule has 2 atom stereocenters.